The van der Waals surface area contributed by atoms with Crippen molar-refractivity contribution >= 4 is 23.2 Å². The number of amides is 2. The van der Waals surface area contributed by atoms with Crippen molar-refractivity contribution in [2.45, 2.75) is 13.5 Å². The average molecular weight is 330 g/mol. The molecule has 9 nitrogen and oxygen atoms in total. The standard InChI is InChI=1S/C15H14N4O5/c1-9-6-7-12(19(23)24)15(22)18(9)8-13(20)17-11-5-3-2-4-10(11)14(16)21/h2-7H,8H2,1H3,(H2,16,21)(H,17,20). The van der Waals surface area contributed by atoms with E-state index in [-0.39, 0.29) is 11.3 Å². The number of nitro groups is 1. The second-order valence-corrected chi connectivity index (χ2v) is 4.97. The van der Waals surface area contributed by atoms with E-state index in [0.29, 0.717) is 5.69 Å². The molecule has 124 valence electrons. The Balaban J connectivity index is 2.29. The summed E-state index contributed by atoms with van der Waals surface area (Å²) in [4.78, 5) is 45.6. The molecule has 9 heteroatoms. The molecule has 0 unspecified atom stereocenters. The van der Waals surface area contributed by atoms with E-state index in [1.54, 1.807) is 19.1 Å². The third-order valence-corrected chi connectivity index (χ3v) is 3.34. The molecule has 2 amide bonds. The number of nitrogens with two attached hydrogens (primary N) is 1. The van der Waals surface area contributed by atoms with Gasteiger partial charge in [-0.3, -0.25) is 29.1 Å². The summed E-state index contributed by atoms with van der Waals surface area (Å²) < 4.78 is 0.986. The molecule has 0 saturated heterocycles. The molecule has 1 aromatic heterocycles. The first-order chi connectivity index (χ1) is 11.3. The van der Waals surface area contributed by atoms with Gasteiger partial charge in [0.2, 0.25) is 5.91 Å². The number of carbonyl (C=O) groups is 2. The van der Waals surface area contributed by atoms with Crippen LogP contribution in [-0.2, 0) is 11.3 Å². The van der Waals surface area contributed by atoms with Gasteiger partial charge in [-0.1, -0.05) is 12.1 Å². The van der Waals surface area contributed by atoms with E-state index in [1.165, 1.54) is 18.2 Å². The smallest absolute Gasteiger partial charge is 0.334 e. The summed E-state index contributed by atoms with van der Waals surface area (Å²) in [6.45, 7) is 1.12. The second kappa shape index (κ2) is 6.73. The van der Waals surface area contributed by atoms with Crippen molar-refractivity contribution in [1.82, 2.24) is 4.57 Å². The van der Waals surface area contributed by atoms with E-state index in [1.807, 2.05) is 0 Å². The number of aryl methyl sites for hydroxylation is 1. The van der Waals surface area contributed by atoms with Crippen LogP contribution in [-0.4, -0.2) is 21.3 Å². The SMILES string of the molecule is Cc1ccc([N+](=O)[O-])c(=O)n1CC(=O)Nc1ccccc1C(N)=O. The minimum absolute atomic E-state index is 0.119. The van der Waals surface area contributed by atoms with Crippen molar-refractivity contribution in [3.8, 4) is 0 Å². The van der Waals surface area contributed by atoms with Gasteiger partial charge >= 0.3 is 11.2 Å². The molecule has 2 rings (SSSR count). The fourth-order valence-corrected chi connectivity index (χ4v) is 2.14. The third-order valence-electron chi connectivity index (χ3n) is 3.34. The maximum atomic E-state index is 12.1. The van der Waals surface area contributed by atoms with Crippen molar-refractivity contribution in [2.75, 3.05) is 5.32 Å². The van der Waals surface area contributed by atoms with Gasteiger partial charge in [0.15, 0.2) is 0 Å². The lowest BCUT2D eigenvalue weighted by molar-refractivity contribution is -0.386. The number of para-hydroxylation sites is 1. The highest BCUT2D eigenvalue weighted by atomic mass is 16.6. The predicted octanol–water partition coefficient (Wildman–Crippen LogP) is 0.803. The van der Waals surface area contributed by atoms with Crippen molar-refractivity contribution in [2.24, 2.45) is 5.73 Å². The maximum Gasteiger partial charge on any atom is 0.334 e. The molecule has 0 atom stereocenters. The molecular weight excluding hydrogens is 316 g/mol. The van der Waals surface area contributed by atoms with Crippen LogP contribution >= 0.6 is 0 Å². The lowest BCUT2D eigenvalue weighted by Gasteiger charge is -2.11. The zero-order valence-electron chi connectivity index (χ0n) is 12.7. The fourth-order valence-electron chi connectivity index (χ4n) is 2.14. The molecule has 0 fully saturated rings. The Labute approximate surface area is 135 Å². The molecule has 3 N–H and O–H groups in total. The van der Waals surface area contributed by atoms with Crippen LogP contribution in [0.2, 0.25) is 0 Å². The number of anilines is 1. The van der Waals surface area contributed by atoms with E-state index in [9.17, 15) is 24.5 Å². The summed E-state index contributed by atoms with van der Waals surface area (Å²) in [7, 11) is 0. The number of rotatable bonds is 5. The monoisotopic (exact) mass is 330 g/mol. The number of nitrogens with one attached hydrogen (secondary N) is 1. The van der Waals surface area contributed by atoms with Crippen LogP contribution in [0.3, 0.4) is 0 Å². The number of hydrogen-bond acceptors (Lipinski definition) is 5. The first-order valence-electron chi connectivity index (χ1n) is 6.84. The lowest BCUT2D eigenvalue weighted by atomic mass is 10.1. The van der Waals surface area contributed by atoms with Crippen LogP contribution < -0.4 is 16.6 Å². The number of hydrogen-bond donors (Lipinski definition) is 2. The van der Waals surface area contributed by atoms with Gasteiger partial charge in [-0.15, -0.1) is 0 Å². The number of carbonyl (C=O) groups excluding carboxylic acids is 2. The molecule has 0 bridgehead atoms. The van der Waals surface area contributed by atoms with Gasteiger partial charge in [-0.05, 0) is 25.1 Å². The molecule has 0 aliphatic carbocycles. The van der Waals surface area contributed by atoms with Gasteiger partial charge in [0.25, 0.3) is 5.91 Å². The minimum atomic E-state index is -0.877. The van der Waals surface area contributed by atoms with Gasteiger partial charge in [0.05, 0.1) is 16.2 Å². The van der Waals surface area contributed by atoms with Crippen LogP contribution in [0.15, 0.2) is 41.2 Å². The Hall–Kier alpha value is -3.49. The normalized spacial score (nSPS) is 10.2. The van der Waals surface area contributed by atoms with Crippen molar-refractivity contribution in [3.63, 3.8) is 0 Å². The molecule has 24 heavy (non-hydrogen) atoms. The summed E-state index contributed by atoms with van der Waals surface area (Å²) >= 11 is 0. The maximum absolute atomic E-state index is 12.1. The first-order valence-corrected chi connectivity index (χ1v) is 6.84. The highest BCUT2D eigenvalue weighted by Gasteiger charge is 2.18. The zero-order valence-corrected chi connectivity index (χ0v) is 12.7. The minimum Gasteiger partial charge on any atom is -0.366 e. The topological polar surface area (TPSA) is 137 Å². The van der Waals surface area contributed by atoms with Gasteiger partial charge in [-0.2, -0.15) is 0 Å². The summed E-state index contributed by atoms with van der Waals surface area (Å²) in [5, 5.41) is 13.3. The van der Waals surface area contributed by atoms with Gasteiger partial charge < -0.3 is 11.1 Å². The van der Waals surface area contributed by atoms with E-state index in [0.717, 1.165) is 10.6 Å². The van der Waals surface area contributed by atoms with E-state index in [2.05, 4.69) is 5.32 Å². The lowest BCUT2D eigenvalue weighted by Crippen LogP contribution is -2.30. The van der Waals surface area contributed by atoms with Crippen LogP contribution in [0.5, 0.6) is 0 Å². The molecule has 1 aromatic carbocycles. The molecule has 0 aliphatic rings. The van der Waals surface area contributed by atoms with Crippen molar-refractivity contribution in [3.05, 3.63) is 68.1 Å². The molecule has 0 aliphatic heterocycles. The third kappa shape index (κ3) is 3.46. The molecule has 0 saturated carbocycles. The average Bonchev–Trinajstić information content (AvgIpc) is 2.51. The summed E-state index contributed by atoms with van der Waals surface area (Å²) in [6, 6.07) is 8.60. The molecule has 1 heterocycles. The van der Waals surface area contributed by atoms with Crippen molar-refractivity contribution < 1.29 is 14.5 Å². The zero-order chi connectivity index (χ0) is 17.9. The number of aromatic nitrogens is 1. The van der Waals surface area contributed by atoms with Crippen LogP contribution in [0.1, 0.15) is 16.1 Å². The summed E-state index contributed by atoms with van der Waals surface area (Å²) in [5.74, 6) is -1.33. The predicted molar refractivity (Wildman–Crippen MR) is 85.7 cm³/mol. The highest BCUT2D eigenvalue weighted by Crippen LogP contribution is 2.14. The molecule has 0 radical (unpaired) electrons. The Bertz CT molecular complexity index is 888. The molecular formula is C15H14N4O5. The van der Waals surface area contributed by atoms with Gasteiger partial charge in [0, 0.05) is 11.8 Å². The Morgan fingerprint density at radius 1 is 1.25 bits per heavy atom. The number of pyridine rings is 1. The highest BCUT2D eigenvalue weighted by molar-refractivity contribution is 6.02. The van der Waals surface area contributed by atoms with Crippen LogP contribution in [0.4, 0.5) is 11.4 Å². The Morgan fingerprint density at radius 2 is 1.92 bits per heavy atom. The Morgan fingerprint density at radius 3 is 2.54 bits per heavy atom. The Kier molecular flexibility index (Phi) is 4.73. The molecule has 0 spiro atoms. The summed E-state index contributed by atoms with van der Waals surface area (Å²) in [5.41, 5.74) is 4.44. The van der Waals surface area contributed by atoms with E-state index >= 15 is 0 Å². The van der Waals surface area contributed by atoms with Crippen LogP contribution in [0, 0.1) is 17.0 Å². The first kappa shape index (κ1) is 16.9. The fraction of sp³-hybridized carbons (Fsp3) is 0.133. The quantitative estimate of drug-likeness (QED) is 0.617. The number of benzene rings is 1. The van der Waals surface area contributed by atoms with E-state index in [4.69, 9.17) is 5.73 Å². The van der Waals surface area contributed by atoms with Crippen molar-refractivity contribution in [1.29, 1.82) is 0 Å². The van der Waals surface area contributed by atoms with E-state index < -0.39 is 34.5 Å². The number of nitrogens with zero attached hydrogens (tertiary/aromatic N) is 2. The van der Waals surface area contributed by atoms with Crippen LogP contribution in [0.25, 0.3) is 0 Å². The summed E-state index contributed by atoms with van der Waals surface area (Å²) in [6.07, 6.45) is 0. The number of primary amides is 1. The van der Waals surface area contributed by atoms with Gasteiger partial charge in [-0.25, -0.2) is 0 Å². The van der Waals surface area contributed by atoms with Gasteiger partial charge in [0.1, 0.15) is 6.54 Å². The molecule has 2 aromatic rings. The second-order valence-electron chi connectivity index (χ2n) is 4.97. The largest absolute Gasteiger partial charge is 0.366 e.